The number of halogens is 2. The Bertz CT molecular complexity index is 561. The highest BCUT2D eigenvalue weighted by atomic mass is 79.9. The molecule has 1 saturated carbocycles. The van der Waals surface area contributed by atoms with Gasteiger partial charge >= 0.3 is 0 Å². The highest BCUT2D eigenvalue weighted by Gasteiger charge is 2.22. The minimum absolute atomic E-state index is 0.0129. The third-order valence-corrected chi connectivity index (χ3v) is 3.80. The van der Waals surface area contributed by atoms with Gasteiger partial charge in [-0.3, -0.25) is 9.59 Å². The van der Waals surface area contributed by atoms with Crippen LogP contribution < -0.4 is 16.4 Å². The number of nitrogens with two attached hydrogens (primary N) is 1. The molecule has 2 amide bonds. The maximum Gasteiger partial charge on any atom is 0.252 e. The van der Waals surface area contributed by atoms with Gasteiger partial charge < -0.3 is 16.4 Å². The molecule has 7 heteroatoms. The molecule has 0 unspecified atom stereocenters. The van der Waals surface area contributed by atoms with E-state index in [9.17, 15) is 14.0 Å². The molecule has 0 aromatic heterocycles. The lowest BCUT2D eigenvalue weighted by Crippen LogP contribution is -2.28. The average molecular weight is 358 g/mol. The number of carbonyl (C=O) groups is 2. The minimum Gasteiger partial charge on any atom is -0.396 e. The third-order valence-electron chi connectivity index (χ3n) is 3.14. The summed E-state index contributed by atoms with van der Waals surface area (Å²) in [6.45, 7) is 0.376. The standard InChI is InChI=1S/C14H17BrFN3O2/c15-10-7-11(16)12(17)6-9(10)14(21)18-5-1-2-13(20)19-8-3-4-8/h6-8H,1-5,17H2,(H,18,21)(H,19,20). The Labute approximate surface area is 130 Å². The molecule has 1 fully saturated rings. The quantitative estimate of drug-likeness (QED) is 0.537. The van der Waals surface area contributed by atoms with Crippen molar-refractivity contribution in [3.63, 3.8) is 0 Å². The van der Waals surface area contributed by atoms with Crippen LogP contribution in [0.15, 0.2) is 16.6 Å². The molecule has 2 rings (SSSR count). The van der Waals surface area contributed by atoms with Gasteiger partial charge in [0.25, 0.3) is 5.91 Å². The maximum atomic E-state index is 13.2. The summed E-state index contributed by atoms with van der Waals surface area (Å²) in [7, 11) is 0. The number of benzene rings is 1. The Morgan fingerprint density at radius 3 is 2.76 bits per heavy atom. The van der Waals surface area contributed by atoms with Gasteiger partial charge in [0, 0.05) is 23.5 Å². The van der Waals surface area contributed by atoms with E-state index >= 15 is 0 Å². The number of nitrogens with one attached hydrogen (secondary N) is 2. The second-order valence-corrected chi connectivity index (χ2v) is 5.91. The zero-order valence-electron chi connectivity index (χ0n) is 11.4. The van der Waals surface area contributed by atoms with Crippen molar-refractivity contribution in [3.8, 4) is 0 Å². The predicted molar refractivity (Wildman–Crippen MR) is 81.2 cm³/mol. The molecule has 4 N–H and O–H groups in total. The molecule has 5 nitrogen and oxygen atoms in total. The Hall–Kier alpha value is -1.63. The number of rotatable bonds is 6. The van der Waals surface area contributed by atoms with Crippen LogP contribution in [0.4, 0.5) is 10.1 Å². The first-order valence-electron chi connectivity index (χ1n) is 6.79. The molecular formula is C14H17BrFN3O2. The number of hydrogen-bond donors (Lipinski definition) is 3. The second-order valence-electron chi connectivity index (χ2n) is 5.05. The fourth-order valence-corrected chi connectivity index (χ4v) is 2.31. The number of hydrogen-bond acceptors (Lipinski definition) is 3. The lowest BCUT2D eigenvalue weighted by atomic mass is 10.2. The molecule has 21 heavy (non-hydrogen) atoms. The summed E-state index contributed by atoms with van der Waals surface area (Å²) in [5.41, 5.74) is 5.64. The molecule has 114 valence electrons. The van der Waals surface area contributed by atoms with Crippen LogP contribution in [0.3, 0.4) is 0 Å². The summed E-state index contributed by atoms with van der Waals surface area (Å²) in [6.07, 6.45) is 3.05. The van der Waals surface area contributed by atoms with Crippen molar-refractivity contribution in [2.24, 2.45) is 0 Å². The van der Waals surface area contributed by atoms with Crippen molar-refractivity contribution in [1.82, 2.24) is 10.6 Å². The van der Waals surface area contributed by atoms with Crippen LogP contribution in [0, 0.1) is 5.82 Å². The monoisotopic (exact) mass is 357 g/mol. The highest BCUT2D eigenvalue weighted by molar-refractivity contribution is 9.10. The SMILES string of the molecule is Nc1cc(C(=O)NCCCC(=O)NC2CC2)c(Br)cc1F. The van der Waals surface area contributed by atoms with Gasteiger partial charge in [-0.2, -0.15) is 0 Å². The van der Waals surface area contributed by atoms with Gasteiger partial charge in [-0.05, 0) is 47.3 Å². The van der Waals surface area contributed by atoms with Gasteiger partial charge in [-0.25, -0.2) is 4.39 Å². The topological polar surface area (TPSA) is 84.2 Å². The smallest absolute Gasteiger partial charge is 0.252 e. The Morgan fingerprint density at radius 2 is 2.10 bits per heavy atom. The molecule has 0 heterocycles. The summed E-state index contributed by atoms with van der Waals surface area (Å²) >= 11 is 3.13. The molecule has 0 aliphatic heterocycles. The van der Waals surface area contributed by atoms with Crippen LogP contribution in [0.25, 0.3) is 0 Å². The lowest BCUT2D eigenvalue weighted by molar-refractivity contribution is -0.121. The van der Waals surface area contributed by atoms with Gasteiger partial charge in [0.05, 0.1) is 11.3 Å². The van der Waals surface area contributed by atoms with Crippen LogP contribution >= 0.6 is 15.9 Å². The first kappa shape index (κ1) is 15.8. The van der Waals surface area contributed by atoms with E-state index in [-0.39, 0.29) is 23.1 Å². The van der Waals surface area contributed by atoms with E-state index in [0.717, 1.165) is 18.9 Å². The van der Waals surface area contributed by atoms with Gasteiger partial charge in [0.15, 0.2) is 0 Å². The number of amides is 2. The molecule has 1 aliphatic rings. The van der Waals surface area contributed by atoms with Crippen molar-refractivity contribution < 1.29 is 14.0 Å². The van der Waals surface area contributed by atoms with E-state index in [1.165, 1.54) is 6.07 Å². The first-order valence-corrected chi connectivity index (χ1v) is 7.58. The second kappa shape index (κ2) is 6.89. The molecule has 0 bridgehead atoms. The Balaban J connectivity index is 1.76. The molecule has 0 spiro atoms. The van der Waals surface area contributed by atoms with Crippen LogP contribution in [0.2, 0.25) is 0 Å². The van der Waals surface area contributed by atoms with Gasteiger partial charge in [-0.1, -0.05) is 0 Å². The van der Waals surface area contributed by atoms with E-state index in [4.69, 9.17) is 5.73 Å². The number of anilines is 1. The highest BCUT2D eigenvalue weighted by Crippen LogP contribution is 2.22. The first-order chi connectivity index (χ1) is 9.97. The molecule has 0 radical (unpaired) electrons. The van der Waals surface area contributed by atoms with Crippen LogP contribution in [-0.2, 0) is 4.79 Å². The normalized spacial score (nSPS) is 13.8. The lowest BCUT2D eigenvalue weighted by Gasteiger charge is -2.08. The van der Waals surface area contributed by atoms with Gasteiger partial charge in [-0.15, -0.1) is 0 Å². The van der Waals surface area contributed by atoms with Crippen LogP contribution in [-0.4, -0.2) is 24.4 Å². The molecule has 0 saturated heterocycles. The van der Waals surface area contributed by atoms with E-state index in [1.54, 1.807) is 0 Å². The predicted octanol–water partition coefficient (Wildman–Crippen LogP) is 1.96. The molecule has 1 aromatic carbocycles. The van der Waals surface area contributed by atoms with E-state index < -0.39 is 5.82 Å². The minimum atomic E-state index is -0.574. The average Bonchev–Trinajstić information content (AvgIpc) is 3.22. The fourth-order valence-electron chi connectivity index (χ4n) is 1.81. The van der Waals surface area contributed by atoms with Crippen molar-refractivity contribution >= 4 is 33.4 Å². The summed E-state index contributed by atoms with van der Waals surface area (Å²) in [6, 6.07) is 2.80. The van der Waals surface area contributed by atoms with Crippen molar-refractivity contribution in [3.05, 3.63) is 28.0 Å². The largest absolute Gasteiger partial charge is 0.396 e. The number of nitrogen functional groups attached to an aromatic ring is 1. The molecular weight excluding hydrogens is 341 g/mol. The van der Waals surface area contributed by atoms with E-state index in [1.807, 2.05) is 0 Å². The maximum absolute atomic E-state index is 13.2. The van der Waals surface area contributed by atoms with Crippen molar-refractivity contribution in [2.75, 3.05) is 12.3 Å². The van der Waals surface area contributed by atoms with Crippen LogP contribution in [0.5, 0.6) is 0 Å². The van der Waals surface area contributed by atoms with E-state index in [0.29, 0.717) is 29.9 Å². The van der Waals surface area contributed by atoms with Crippen LogP contribution in [0.1, 0.15) is 36.0 Å². The summed E-state index contributed by atoms with van der Waals surface area (Å²) in [5, 5.41) is 5.56. The fraction of sp³-hybridized carbons (Fsp3) is 0.429. The Morgan fingerprint density at radius 1 is 1.38 bits per heavy atom. The third kappa shape index (κ3) is 4.70. The van der Waals surface area contributed by atoms with Gasteiger partial charge in [0.1, 0.15) is 5.82 Å². The molecule has 0 atom stereocenters. The summed E-state index contributed by atoms with van der Waals surface area (Å²) < 4.78 is 13.5. The summed E-state index contributed by atoms with van der Waals surface area (Å²) in [4.78, 5) is 23.4. The summed E-state index contributed by atoms with van der Waals surface area (Å²) in [5.74, 6) is -0.912. The van der Waals surface area contributed by atoms with E-state index in [2.05, 4.69) is 26.6 Å². The molecule has 1 aliphatic carbocycles. The number of carbonyl (C=O) groups excluding carboxylic acids is 2. The molecule has 1 aromatic rings. The zero-order chi connectivity index (χ0) is 15.4. The Kier molecular flexibility index (Phi) is 5.17. The van der Waals surface area contributed by atoms with Gasteiger partial charge in [0.2, 0.25) is 5.91 Å². The van der Waals surface area contributed by atoms with Crippen molar-refractivity contribution in [2.45, 2.75) is 31.7 Å². The zero-order valence-corrected chi connectivity index (χ0v) is 13.0. The van der Waals surface area contributed by atoms with Crippen molar-refractivity contribution in [1.29, 1.82) is 0 Å².